The maximum atomic E-state index is 10.5. The van der Waals surface area contributed by atoms with E-state index in [0.717, 1.165) is 48.8 Å². The summed E-state index contributed by atoms with van der Waals surface area (Å²) in [6.07, 6.45) is 6.17. The fourth-order valence-electron chi connectivity index (χ4n) is 2.94. The van der Waals surface area contributed by atoms with E-state index in [0.29, 0.717) is 12.8 Å². The van der Waals surface area contributed by atoms with Crippen molar-refractivity contribution in [2.45, 2.75) is 86.6 Å². The maximum Gasteiger partial charge on any atom is 0.120 e. The molecule has 3 nitrogen and oxygen atoms in total. The van der Waals surface area contributed by atoms with Gasteiger partial charge in [0.15, 0.2) is 0 Å². The fraction of sp³-hybridized carbons (Fsp3) is 0.464. The number of benzene rings is 2. The SMILES string of the molecule is C.CC.CCCC/C(=C(/N)CCC=O)C(N)c1ccccc1.CCc1ccc(C)cc1.[HH]. The summed E-state index contributed by atoms with van der Waals surface area (Å²) in [5, 5.41) is 0. The average molecular weight is 429 g/mol. The van der Waals surface area contributed by atoms with Gasteiger partial charge in [0, 0.05) is 13.5 Å². The molecule has 0 fully saturated rings. The van der Waals surface area contributed by atoms with Gasteiger partial charge < -0.3 is 16.3 Å². The molecule has 0 spiro atoms. The van der Waals surface area contributed by atoms with Crippen LogP contribution in [0.1, 0.15) is 91.4 Å². The van der Waals surface area contributed by atoms with Gasteiger partial charge in [-0.15, -0.1) is 0 Å². The van der Waals surface area contributed by atoms with Gasteiger partial charge in [0.05, 0.1) is 6.04 Å². The summed E-state index contributed by atoms with van der Waals surface area (Å²) in [6.45, 7) is 10.4. The Labute approximate surface area is 193 Å². The van der Waals surface area contributed by atoms with Crippen molar-refractivity contribution in [1.82, 2.24) is 0 Å². The summed E-state index contributed by atoms with van der Waals surface area (Å²) in [6, 6.07) is 18.5. The second-order valence-corrected chi connectivity index (χ2v) is 7.09. The van der Waals surface area contributed by atoms with Gasteiger partial charge in [-0.3, -0.25) is 0 Å². The molecule has 0 heterocycles. The molecule has 2 aromatic carbocycles. The molecule has 0 saturated carbocycles. The molecular formula is C28H48N2O. The van der Waals surface area contributed by atoms with Gasteiger partial charge in [0.1, 0.15) is 6.29 Å². The number of unbranched alkanes of at least 4 members (excludes halogenated alkanes) is 1. The number of allylic oxidation sites excluding steroid dienone is 1. The average Bonchev–Trinajstić information content (AvgIpc) is 2.80. The van der Waals surface area contributed by atoms with Crippen molar-refractivity contribution in [2.75, 3.05) is 0 Å². The van der Waals surface area contributed by atoms with Crippen molar-refractivity contribution in [1.29, 1.82) is 0 Å². The van der Waals surface area contributed by atoms with Gasteiger partial charge in [-0.25, -0.2) is 0 Å². The first-order valence-electron chi connectivity index (χ1n) is 11.3. The van der Waals surface area contributed by atoms with Crippen molar-refractivity contribution in [2.24, 2.45) is 11.5 Å². The number of rotatable bonds is 9. The van der Waals surface area contributed by atoms with Crippen molar-refractivity contribution >= 4 is 6.29 Å². The van der Waals surface area contributed by atoms with Crippen molar-refractivity contribution in [3.05, 3.63) is 82.6 Å². The van der Waals surface area contributed by atoms with Crippen LogP contribution in [-0.2, 0) is 11.2 Å². The number of aldehydes is 1. The highest BCUT2D eigenvalue weighted by Gasteiger charge is 2.14. The van der Waals surface area contributed by atoms with Crippen LogP contribution in [0.4, 0.5) is 0 Å². The molecule has 0 radical (unpaired) electrons. The zero-order valence-corrected chi connectivity index (χ0v) is 19.7. The Kier molecular flexibility index (Phi) is 19.4. The van der Waals surface area contributed by atoms with E-state index in [1.165, 1.54) is 11.1 Å². The first kappa shape index (κ1) is 30.8. The summed E-state index contributed by atoms with van der Waals surface area (Å²) in [7, 11) is 0. The molecule has 0 bridgehead atoms. The first-order valence-corrected chi connectivity index (χ1v) is 11.3. The Balaban J connectivity index is -0.000000547. The lowest BCUT2D eigenvalue weighted by Crippen LogP contribution is -2.18. The third-order valence-corrected chi connectivity index (χ3v) is 4.81. The van der Waals surface area contributed by atoms with E-state index in [1.54, 1.807) is 0 Å². The van der Waals surface area contributed by atoms with Gasteiger partial charge in [-0.2, -0.15) is 0 Å². The number of nitrogens with two attached hydrogens (primary N) is 2. The van der Waals surface area contributed by atoms with E-state index in [2.05, 4.69) is 45.0 Å². The zero-order valence-electron chi connectivity index (χ0n) is 19.7. The minimum atomic E-state index is -0.167. The molecule has 0 saturated heterocycles. The standard InChI is InChI=1S/C16H24N2O.C9H12.C2H6.CH4.H2/c1-2-3-10-14(15(17)11-7-12-19)16(18)13-8-5-4-6-9-13;1-3-9-6-4-8(2)5-7-9;1-2;;/h4-6,8-9,12,16H,2-3,7,10-11,17-18H2,1H3;4-7H,3H2,1-2H3;1-2H3;1H4;1H/b15-14-;;;;. The second-order valence-electron chi connectivity index (χ2n) is 7.09. The van der Waals surface area contributed by atoms with E-state index in [4.69, 9.17) is 11.5 Å². The Morgan fingerprint density at radius 1 is 1.00 bits per heavy atom. The highest BCUT2D eigenvalue weighted by Crippen LogP contribution is 2.26. The molecule has 0 aliphatic carbocycles. The molecule has 176 valence electrons. The van der Waals surface area contributed by atoms with Crippen LogP contribution in [0.5, 0.6) is 0 Å². The lowest BCUT2D eigenvalue weighted by Gasteiger charge is -2.19. The second kappa shape index (κ2) is 19.6. The van der Waals surface area contributed by atoms with Crippen LogP contribution in [0, 0.1) is 6.92 Å². The largest absolute Gasteiger partial charge is 0.402 e. The van der Waals surface area contributed by atoms with Gasteiger partial charge >= 0.3 is 0 Å². The molecule has 4 N–H and O–H groups in total. The molecule has 0 aliphatic rings. The molecule has 2 rings (SSSR count). The molecular weight excluding hydrogens is 380 g/mol. The first-order chi connectivity index (χ1) is 14.5. The minimum Gasteiger partial charge on any atom is -0.402 e. The highest BCUT2D eigenvalue weighted by atomic mass is 16.1. The van der Waals surface area contributed by atoms with Gasteiger partial charge in [0.2, 0.25) is 0 Å². The Bertz CT molecular complexity index is 712. The molecule has 1 atom stereocenters. The summed E-state index contributed by atoms with van der Waals surface area (Å²) in [5.41, 5.74) is 18.1. The smallest absolute Gasteiger partial charge is 0.120 e. The number of hydrogen-bond donors (Lipinski definition) is 2. The summed E-state index contributed by atoms with van der Waals surface area (Å²) >= 11 is 0. The predicted molar refractivity (Wildman–Crippen MR) is 140 cm³/mol. The molecule has 3 heteroatoms. The van der Waals surface area contributed by atoms with E-state index >= 15 is 0 Å². The summed E-state index contributed by atoms with van der Waals surface area (Å²) in [4.78, 5) is 10.5. The number of carbonyl (C=O) groups is 1. The minimum absolute atomic E-state index is 0. The quantitative estimate of drug-likeness (QED) is 0.405. The molecule has 0 amide bonds. The van der Waals surface area contributed by atoms with Crippen LogP contribution in [0.3, 0.4) is 0 Å². The van der Waals surface area contributed by atoms with E-state index in [9.17, 15) is 4.79 Å². The fourth-order valence-corrected chi connectivity index (χ4v) is 2.94. The third kappa shape index (κ3) is 12.8. The molecule has 0 aliphatic heterocycles. The van der Waals surface area contributed by atoms with E-state index in [1.807, 2.05) is 44.2 Å². The predicted octanol–water partition coefficient (Wildman–Crippen LogP) is 7.53. The van der Waals surface area contributed by atoms with E-state index < -0.39 is 0 Å². The summed E-state index contributed by atoms with van der Waals surface area (Å²) < 4.78 is 0. The van der Waals surface area contributed by atoms with Crippen molar-refractivity contribution < 1.29 is 6.22 Å². The van der Waals surface area contributed by atoms with Crippen LogP contribution in [0.25, 0.3) is 0 Å². The zero-order chi connectivity index (χ0) is 22.8. The molecule has 1 unspecified atom stereocenters. The molecule has 0 aromatic heterocycles. The Morgan fingerprint density at radius 3 is 2.06 bits per heavy atom. The summed E-state index contributed by atoms with van der Waals surface area (Å²) in [5.74, 6) is 0. The van der Waals surface area contributed by atoms with Crippen LogP contribution < -0.4 is 11.5 Å². The highest BCUT2D eigenvalue weighted by molar-refractivity contribution is 5.50. The maximum absolute atomic E-state index is 10.5. The monoisotopic (exact) mass is 428 g/mol. The molecule has 31 heavy (non-hydrogen) atoms. The third-order valence-electron chi connectivity index (χ3n) is 4.81. The van der Waals surface area contributed by atoms with Crippen molar-refractivity contribution in [3.8, 4) is 0 Å². The number of aryl methyl sites for hydroxylation is 2. The van der Waals surface area contributed by atoms with Gasteiger partial charge in [-0.05, 0) is 49.3 Å². The van der Waals surface area contributed by atoms with Gasteiger partial charge in [-0.1, -0.05) is 102 Å². The van der Waals surface area contributed by atoms with Gasteiger partial charge in [0.25, 0.3) is 0 Å². The van der Waals surface area contributed by atoms with Crippen LogP contribution in [0.15, 0.2) is 65.9 Å². The lowest BCUT2D eigenvalue weighted by atomic mass is 9.92. The van der Waals surface area contributed by atoms with Crippen LogP contribution in [0.2, 0.25) is 0 Å². The topological polar surface area (TPSA) is 69.1 Å². The number of carbonyl (C=O) groups excluding carboxylic acids is 1. The Hall–Kier alpha value is -2.39. The number of hydrogen-bond acceptors (Lipinski definition) is 3. The van der Waals surface area contributed by atoms with Crippen molar-refractivity contribution in [3.63, 3.8) is 0 Å². The van der Waals surface area contributed by atoms with E-state index in [-0.39, 0.29) is 14.9 Å². The Morgan fingerprint density at radius 2 is 1.58 bits per heavy atom. The van der Waals surface area contributed by atoms with Crippen LogP contribution >= 0.6 is 0 Å². The lowest BCUT2D eigenvalue weighted by molar-refractivity contribution is -0.107. The van der Waals surface area contributed by atoms with Crippen LogP contribution in [-0.4, -0.2) is 6.29 Å². The molecule has 2 aromatic rings. The normalized spacial score (nSPS) is 11.4.